The molecule has 0 aromatic heterocycles. The highest BCUT2D eigenvalue weighted by Gasteiger charge is 2.25. The number of quaternary nitrogens is 1. The molecule has 0 bridgehead atoms. The summed E-state index contributed by atoms with van der Waals surface area (Å²) < 4.78 is 23.0. The van der Waals surface area contributed by atoms with E-state index in [9.17, 15) is 19.5 Å². The van der Waals surface area contributed by atoms with E-state index >= 15 is 0 Å². The Kier molecular flexibility index (Phi) is 71.7. The molecular formula is C88H144NO8+. The summed E-state index contributed by atoms with van der Waals surface area (Å²) >= 11 is 0. The van der Waals surface area contributed by atoms with Crippen LogP contribution in [0.15, 0.2) is 182 Å². The fourth-order valence-corrected chi connectivity index (χ4v) is 10.3. The van der Waals surface area contributed by atoms with Crippen LogP contribution in [0.3, 0.4) is 0 Å². The third kappa shape index (κ3) is 77.6. The van der Waals surface area contributed by atoms with Gasteiger partial charge in [-0.25, -0.2) is 4.79 Å². The van der Waals surface area contributed by atoms with Crippen molar-refractivity contribution in [2.75, 3.05) is 47.5 Å². The number of esters is 2. The van der Waals surface area contributed by atoms with Crippen LogP contribution in [0.25, 0.3) is 0 Å². The van der Waals surface area contributed by atoms with Crippen molar-refractivity contribution in [3.05, 3.63) is 182 Å². The van der Waals surface area contributed by atoms with Crippen LogP contribution < -0.4 is 0 Å². The molecule has 0 heterocycles. The zero-order valence-corrected chi connectivity index (χ0v) is 62.7. The monoisotopic (exact) mass is 1340 g/mol. The lowest BCUT2D eigenvalue weighted by atomic mass is 10.0. The lowest BCUT2D eigenvalue weighted by molar-refractivity contribution is -0.870. The average molecular weight is 1340 g/mol. The van der Waals surface area contributed by atoms with Crippen LogP contribution in [0, 0.1) is 0 Å². The van der Waals surface area contributed by atoms with Crippen LogP contribution in [-0.4, -0.2) is 87.4 Å². The third-order valence-corrected chi connectivity index (χ3v) is 16.2. The molecule has 2 unspecified atom stereocenters. The standard InChI is InChI=1S/C88H143NO8/c1-6-8-10-12-14-16-18-20-22-24-26-28-30-32-34-36-38-40-41-42-43-44-45-47-49-51-53-55-57-59-61-63-65-67-69-71-73-75-77-79-86(91)97-84(83-96-88(87(92)93)94-81-80-89(3,4)5)82-95-85(90)78-76-74-72-70-68-66-64-62-60-58-56-54-52-50-48-46-39-37-35-33-31-29-27-25-23-21-19-17-15-13-11-9-7-2/h8-11,14-17,20-23,26-29,32,34,38,40,42-43,45,47,51,53,57,59,63,65,84,88H,6-7,12-13,18-19,24-25,30-31,33,35-37,39,41,44,46,48-50,52,54-56,58,60-62,64,66-83H2,1-5H3/p+1/b10-8-,11-9-,16-14-,17-15-,22-20-,23-21-,28-26-,29-27-,34-32-,40-38-,43-42-,47-45-,53-51-,59-57-,65-63-. The van der Waals surface area contributed by atoms with Gasteiger partial charge in [-0.3, -0.25) is 9.59 Å². The number of rotatable bonds is 70. The molecule has 0 spiro atoms. The van der Waals surface area contributed by atoms with Gasteiger partial charge in [0.1, 0.15) is 13.2 Å². The lowest BCUT2D eigenvalue weighted by Gasteiger charge is -2.25. The Balaban J connectivity index is 4.15. The number of hydrogen-bond donors (Lipinski definition) is 1. The second-order valence-corrected chi connectivity index (χ2v) is 26.6. The number of carbonyl (C=O) groups excluding carboxylic acids is 2. The van der Waals surface area contributed by atoms with Gasteiger partial charge in [0.25, 0.3) is 6.29 Å². The summed E-state index contributed by atoms with van der Waals surface area (Å²) in [6.07, 6.45) is 113. The molecular weight excluding hydrogens is 1200 g/mol. The van der Waals surface area contributed by atoms with E-state index in [-0.39, 0.29) is 32.2 Å². The Morgan fingerprint density at radius 3 is 0.825 bits per heavy atom. The maximum atomic E-state index is 13.0. The Bertz CT molecular complexity index is 2260. The van der Waals surface area contributed by atoms with Crippen LogP contribution in [0.4, 0.5) is 0 Å². The molecule has 0 aliphatic carbocycles. The quantitative estimate of drug-likeness (QED) is 0.0211. The Hall–Kier alpha value is -5.61. The van der Waals surface area contributed by atoms with Crippen LogP contribution in [-0.2, 0) is 33.3 Å². The minimum Gasteiger partial charge on any atom is -0.477 e. The van der Waals surface area contributed by atoms with E-state index in [0.717, 1.165) is 148 Å². The number of carboxylic acid groups (broad SMARTS) is 1. The number of unbranched alkanes of at least 4 members (excludes halogenated alkanes) is 25. The van der Waals surface area contributed by atoms with Crippen molar-refractivity contribution in [1.29, 1.82) is 0 Å². The average Bonchev–Trinajstić information content (AvgIpc) is 2.39. The highest BCUT2D eigenvalue weighted by Crippen LogP contribution is 2.17. The molecule has 9 nitrogen and oxygen atoms in total. The first-order chi connectivity index (χ1) is 47.6. The molecule has 0 aliphatic rings. The highest BCUT2D eigenvalue weighted by molar-refractivity contribution is 5.71. The molecule has 0 aliphatic heterocycles. The van der Waals surface area contributed by atoms with Crippen molar-refractivity contribution >= 4 is 17.9 Å². The van der Waals surface area contributed by atoms with Crippen LogP contribution >= 0.6 is 0 Å². The van der Waals surface area contributed by atoms with Crippen molar-refractivity contribution in [1.82, 2.24) is 0 Å². The number of ether oxygens (including phenoxy) is 4. The number of nitrogens with zero attached hydrogens (tertiary/aromatic N) is 1. The van der Waals surface area contributed by atoms with Gasteiger partial charge in [-0.1, -0.05) is 331 Å². The molecule has 0 radical (unpaired) electrons. The fourth-order valence-electron chi connectivity index (χ4n) is 10.3. The first-order valence-electron chi connectivity index (χ1n) is 38.9. The first-order valence-corrected chi connectivity index (χ1v) is 38.9. The number of allylic oxidation sites excluding steroid dienone is 30. The van der Waals surface area contributed by atoms with Gasteiger partial charge < -0.3 is 28.5 Å². The van der Waals surface area contributed by atoms with Gasteiger partial charge in [-0.2, -0.15) is 0 Å². The van der Waals surface area contributed by atoms with E-state index in [0.29, 0.717) is 23.9 Å². The normalized spacial score (nSPS) is 13.7. The second-order valence-electron chi connectivity index (χ2n) is 26.6. The van der Waals surface area contributed by atoms with E-state index < -0.39 is 24.3 Å². The summed E-state index contributed by atoms with van der Waals surface area (Å²) in [6, 6.07) is 0. The predicted octanol–water partition coefficient (Wildman–Crippen LogP) is 25.1. The molecule has 9 heteroatoms. The topological polar surface area (TPSA) is 108 Å². The Morgan fingerprint density at radius 1 is 0.309 bits per heavy atom. The van der Waals surface area contributed by atoms with Crippen LogP contribution in [0.5, 0.6) is 0 Å². The number of carbonyl (C=O) groups is 3. The molecule has 0 aromatic carbocycles. The lowest BCUT2D eigenvalue weighted by Crippen LogP contribution is -2.40. The summed E-state index contributed by atoms with van der Waals surface area (Å²) in [5.41, 5.74) is 0. The first kappa shape index (κ1) is 91.4. The van der Waals surface area contributed by atoms with Gasteiger partial charge in [-0.05, 0) is 135 Å². The highest BCUT2D eigenvalue weighted by atomic mass is 16.7. The molecule has 0 rings (SSSR count). The van der Waals surface area contributed by atoms with E-state index in [1.54, 1.807) is 0 Å². The number of likely N-dealkylation sites (N-methyl/N-ethyl adjacent to an activating group) is 1. The Morgan fingerprint density at radius 2 is 0.557 bits per heavy atom. The number of aliphatic carboxylic acids is 1. The molecule has 548 valence electrons. The van der Waals surface area contributed by atoms with Crippen molar-refractivity contribution < 1.29 is 42.9 Å². The molecule has 0 amide bonds. The second kappa shape index (κ2) is 76.1. The largest absolute Gasteiger partial charge is 0.477 e. The zero-order chi connectivity index (χ0) is 70.4. The molecule has 2 atom stereocenters. The van der Waals surface area contributed by atoms with E-state index in [1.807, 2.05) is 21.1 Å². The van der Waals surface area contributed by atoms with Crippen molar-refractivity contribution in [2.45, 2.75) is 309 Å². The summed E-state index contributed by atoms with van der Waals surface area (Å²) in [4.78, 5) is 37.7. The molecule has 0 fully saturated rings. The maximum Gasteiger partial charge on any atom is 0.361 e. The summed E-state index contributed by atoms with van der Waals surface area (Å²) in [6.45, 7) is 4.63. The SMILES string of the molecule is CC/C=C\C/C=C\C/C=C\C/C=C\C/C=C\C/C=C\C/C=C\C/C=C\C/C=C\C/C=C\C/C=C\CCCCCCCC(=O)OC(COC(=O)CCCCCCCCCCCCCCCCCCCCCC/C=C\C/C=C\C/C=C\C/C=C\CC)COC(OCC[N+](C)(C)C)C(=O)O. The third-order valence-electron chi connectivity index (χ3n) is 16.2. The minimum atomic E-state index is -1.53. The minimum absolute atomic E-state index is 0.176. The maximum absolute atomic E-state index is 13.0. The van der Waals surface area contributed by atoms with Crippen LogP contribution in [0.1, 0.15) is 296 Å². The number of hydrogen-bond acceptors (Lipinski definition) is 7. The van der Waals surface area contributed by atoms with E-state index in [2.05, 4.69) is 196 Å². The molecule has 97 heavy (non-hydrogen) atoms. The molecule has 1 N–H and O–H groups in total. The zero-order valence-electron chi connectivity index (χ0n) is 62.7. The predicted molar refractivity (Wildman–Crippen MR) is 419 cm³/mol. The van der Waals surface area contributed by atoms with Gasteiger partial charge in [0.05, 0.1) is 34.4 Å². The van der Waals surface area contributed by atoms with Crippen molar-refractivity contribution in [2.24, 2.45) is 0 Å². The summed E-state index contributed by atoms with van der Waals surface area (Å²) in [5.74, 6) is -2.04. The van der Waals surface area contributed by atoms with Gasteiger partial charge in [0.2, 0.25) is 0 Å². The van der Waals surface area contributed by atoms with E-state index in [1.165, 1.54) is 116 Å². The van der Waals surface area contributed by atoms with E-state index in [4.69, 9.17) is 18.9 Å². The molecule has 0 aromatic rings. The van der Waals surface area contributed by atoms with Gasteiger partial charge in [0.15, 0.2) is 6.10 Å². The molecule has 0 saturated carbocycles. The van der Waals surface area contributed by atoms with Crippen LogP contribution in [0.2, 0.25) is 0 Å². The summed E-state index contributed by atoms with van der Waals surface area (Å²) in [5, 5.41) is 9.77. The van der Waals surface area contributed by atoms with Gasteiger partial charge in [0, 0.05) is 12.8 Å². The Labute approximate surface area is 596 Å². The van der Waals surface area contributed by atoms with Crippen molar-refractivity contribution in [3.8, 4) is 0 Å². The van der Waals surface area contributed by atoms with Gasteiger partial charge in [-0.15, -0.1) is 0 Å². The molecule has 0 saturated heterocycles. The summed E-state index contributed by atoms with van der Waals surface area (Å²) in [7, 11) is 5.97. The van der Waals surface area contributed by atoms with Crippen molar-refractivity contribution in [3.63, 3.8) is 0 Å². The van der Waals surface area contributed by atoms with Gasteiger partial charge >= 0.3 is 17.9 Å². The smallest absolute Gasteiger partial charge is 0.361 e. The number of carboxylic acids is 1. The fraction of sp³-hybridized carbons (Fsp3) is 0.625.